The van der Waals surface area contributed by atoms with E-state index in [0.29, 0.717) is 19.0 Å². The van der Waals surface area contributed by atoms with Crippen molar-refractivity contribution >= 4 is 17.4 Å². The molecule has 1 saturated carbocycles. The number of aliphatic hydroxyl groups excluding tert-OH is 1. The van der Waals surface area contributed by atoms with E-state index in [2.05, 4.69) is 22.5 Å². The van der Waals surface area contributed by atoms with E-state index >= 15 is 0 Å². The van der Waals surface area contributed by atoms with E-state index < -0.39 is 0 Å². The molecule has 1 aliphatic rings. The molecule has 2 amide bonds. The van der Waals surface area contributed by atoms with Crippen molar-refractivity contribution in [2.75, 3.05) is 6.61 Å². The number of rotatable bonds is 4. The molecular weight excluding hydrogens is 248 g/mol. The first-order chi connectivity index (χ1) is 8.78. The van der Waals surface area contributed by atoms with Gasteiger partial charge < -0.3 is 15.7 Å². The zero-order valence-corrected chi connectivity index (χ0v) is 10.8. The number of urea groups is 1. The summed E-state index contributed by atoms with van der Waals surface area (Å²) < 4.78 is 0. The molecule has 2 rings (SSSR count). The molecule has 0 unspecified atom stereocenters. The zero-order valence-electron chi connectivity index (χ0n) is 10.0. The Morgan fingerprint density at radius 2 is 2.33 bits per heavy atom. The first kappa shape index (κ1) is 12.9. The van der Waals surface area contributed by atoms with Crippen LogP contribution in [-0.4, -0.2) is 23.8 Å². The normalized spacial score (nSPS) is 13.6. The van der Waals surface area contributed by atoms with Gasteiger partial charge in [0.1, 0.15) is 0 Å². The van der Waals surface area contributed by atoms with Gasteiger partial charge in [-0.15, -0.1) is 11.3 Å². The van der Waals surface area contributed by atoms with E-state index in [1.165, 1.54) is 0 Å². The largest absolute Gasteiger partial charge is 0.395 e. The third kappa shape index (κ3) is 4.40. The van der Waals surface area contributed by atoms with Crippen LogP contribution in [0.5, 0.6) is 0 Å². The number of hydrogen-bond acceptors (Lipinski definition) is 3. The summed E-state index contributed by atoms with van der Waals surface area (Å²) in [5.74, 6) is 5.85. The van der Waals surface area contributed by atoms with Crippen molar-refractivity contribution in [2.24, 2.45) is 0 Å². The lowest BCUT2D eigenvalue weighted by molar-refractivity contribution is 0.240. The molecule has 0 saturated heterocycles. The number of hydrogen-bond donors (Lipinski definition) is 3. The van der Waals surface area contributed by atoms with Crippen LogP contribution in [0.3, 0.4) is 0 Å². The molecule has 1 heterocycles. The van der Waals surface area contributed by atoms with E-state index in [9.17, 15) is 4.79 Å². The van der Waals surface area contributed by atoms with Gasteiger partial charge in [-0.05, 0) is 25.0 Å². The minimum atomic E-state index is -0.0983. The Labute approximate surface area is 110 Å². The van der Waals surface area contributed by atoms with Gasteiger partial charge in [-0.1, -0.05) is 11.8 Å². The second kappa shape index (κ2) is 6.43. The first-order valence-corrected chi connectivity index (χ1v) is 6.82. The highest BCUT2D eigenvalue weighted by Crippen LogP contribution is 2.18. The Kier molecular flexibility index (Phi) is 4.62. The fourth-order valence-electron chi connectivity index (χ4n) is 1.38. The summed E-state index contributed by atoms with van der Waals surface area (Å²) in [5.41, 5.74) is 0. The molecule has 4 nitrogen and oxygen atoms in total. The third-order valence-corrected chi connectivity index (χ3v) is 3.45. The maximum atomic E-state index is 11.4. The summed E-state index contributed by atoms with van der Waals surface area (Å²) in [4.78, 5) is 13.5. The predicted molar refractivity (Wildman–Crippen MR) is 71.3 cm³/mol. The Morgan fingerprint density at radius 3 is 3.06 bits per heavy atom. The average Bonchev–Trinajstić information content (AvgIpc) is 3.05. The van der Waals surface area contributed by atoms with Gasteiger partial charge in [0.2, 0.25) is 0 Å². The van der Waals surface area contributed by atoms with Gasteiger partial charge in [-0.25, -0.2) is 4.79 Å². The van der Waals surface area contributed by atoms with Crippen molar-refractivity contribution in [2.45, 2.75) is 31.8 Å². The van der Waals surface area contributed by atoms with Crippen molar-refractivity contribution in [3.05, 3.63) is 21.9 Å². The van der Waals surface area contributed by atoms with Crippen LogP contribution < -0.4 is 10.6 Å². The maximum Gasteiger partial charge on any atom is 0.315 e. The molecule has 5 heteroatoms. The van der Waals surface area contributed by atoms with Gasteiger partial charge in [-0.2, -0.15) is 0 Å². The van der Waals surface area contributed by atoms with Gasteiger partial charge in [0, 0.05) is 17.3 Å². The lowest BCUT2D eigenvalue weighted by Crippen LogP contribution is -2.36. The van der Waals surface area contributed by atoms with Crippen LogP contribution in [0.15, 0.2) is 12.1 Å². The highest BCUT2D eigenvalue weighted by Gasteiger charge is 2.22. The minimum Gasteiger partial charge on any atom is -0.395 e. The predicted octanol–water partition coefficient (Wildman–Crippen LogP) is 1.44. The second-order valence-corrected chi connectivity index (χ2v) is 5.31. The van der Waals surface area contributed by atoms with E-state index in [1.54, 1.807) is 11.3 Å². The number of nitrogens with one attached hydrogen (secondary N) is 2. The minimum absolute atomic E-state index is 0.0914. The lowest BCUT2D eigenvalue weighted by Gasteiger charge is -2.04. The fourth-order valence-corrected chi connectivity index (χ4v) is 2.20. The molecule has 1 aromatic heterocycles. The van der Waals surface area contributed by atoms with Crippen LogP contribution in [0, 0.1) is 11.8 Å². The molecule has 3 N–H and O–H groups in total. The van der Waals surface area contributed by atoms with Crippen molar-refractivity contribution in [1.29, 1.82) is 0 Å². The van der Waals surface area contributed by atoms with Crippen LogP contribution in [0.1, 0.15) is 29.0 Å². The van der Waals surface area contributed by atoms with Crippen LogP contribution in [0.2, 0.25) is 0 Å². The third-order valence-electron chi connectivity index (χ3n) is 2.45. The Morgan fingerprint density at radius 1 is 1.50 bits per heavy atom. The topological polar surface area (TPSA) is 61.4 Å². The van der Waals surface area contributed by atoms with Gasteiger partial charge in [0.25, 0.3) is 0 Å². The molecular formula is C13H16N2O2S. The molecule has 18 heavy (non-hydrogen) atoms. The molecule has 0 aliphatic heterocycles. The summed E-state index contributed by atoms with van der Waals surface area (Å²) in [6.07, 6.45) is 2.68. The van der Waals surface area contributed by atoms with E-state index in [1.807, 2.05) is 12.1 Å². The summed E-state index contributed by atoms with van der Waals surface area (Å²) >= 11 is 1.56. The van der Waals surface area contributed by atoms with E-state index in [0.717, 1.165) is 22.6 Å². The zero-order chi connectivity index (χ0) is 12.8. The Balaban J connectivity index is 1.75. The smallest absolute Gasteiger partial charge is 0.315 e. The van der Waals surface area contributed by atoms with Gasteiger partial charge >= 0.3 is 6.03 Å². The van der Waals surface area contributed by atoms with Crippen molar-refractivity contribution in [1.82, 2.24) is 10.6 Å². The number of amides is 2. The number of carbonyl (C=O) groups excluding carboxylic acids is 1. The van der Waals surface area contributed by atoms with E-state index in [-0.39, 0.29) is 12.6 Å². The first-order valence-electron chi connectivity index (χ1n) is 6.01. The van der Waals surface area contributed by atoms with Gasteiger partial charge in [0.15, 0.2) is 0 Å². The SMILES string of the molecule is O=C(NCc1ccc(C#CCCO)s1)NC1CC1. The Hall–Kier alpha value is -1.51. The molecule has 1 aromatic rings. The molecule has 0 spiro atoms. The summed E-state index contributed by atoms with van der Waals surface area (Å²) in [5, 5.41) is 14.3. The quantitative estimate of drug-likeness (QED) is 0.721. The van der Waals surface area contributed by atoms with Crippen LogP contribution in [-0.2, 0) is 6.54 Å². The van der Waals surface area contributed by atoms with Crippen molar-refractivity contribution < 1.29 is 9.90 Å². The van der Waals surface area contributed by atoms with Crippen LogP contribution in [0.4, 0.5) is 4.79 Å². The van der Waals surface area contributed by atoms with Crippen molar-refractivity contribution in [3.63, 3.8) is 0 Å². The van der Waals surface area contributed by atoms with Crippen LogP contribution >= 0.6 is 11.3 Å². The van der Waals surface area contributed by atoms with E-state index in [4.69, 9.17) is 5.11 Å². The summed E-state index contributed by atoms with van der Waals surface area (Å²) in [7, 11) is 0. The molecule has 0 radical (unpaired) electrons. The Bertz CT molecular complexity index is 469. The number of aliphatic hydroxyl groups is 1. The number of thiophene rings is 1. The monoisotopic (exact) mass is 264 g/mol. The van der Waals surface area contributed by atoms with Crippen molar-refractivity contribution in [3.8, 4) is 11.8 Å². The molecule has 0 atom stereocenters. The molecule has 1 fully saturated rings. The van der Waals surface area contributed by atoms with Gasteiger partial charge in [-0.3, -0.25) is 0 Å². The molecule has 0 bridgehead atoms. The lowest BCUT2D eigenvalue weighted by atomic mass is 10.4. The summed E-state index contributed by atoms with van der Waals surface area (Å²) in [6, 6.07) is 4.18. The molecule has 0 aromatic carbocycles. The van der Waals surface area contributed by atoms with Crippen LogP contribution in [0.25, 0.3) is 0 Å². The summed E-state index contributed by atoms with van der Waals surface area (Å²) in [6.45, 7) is 0.624. The standard InChI is InChI=1S/C13H16N2O2S/c16-8-2-1-3-11-6-7-12(18-11)9-14-13(17)15-10-4-5-10/h6-7,10,16H,2,4-5,8-9H2,(H2,14,15,17). The maximum absolute atomic E-state index is 11.4. The van der Waals surface area contributed by atoms with Gasteiger partial charge in [0.05, 0.1) is 18.0 Å². The molecule has 96 valence electrons. The molecule has 1 aliphatic carbocycles. The second-order valence-electron chi connectivity index (χ2n) is 4.14. The number of carbonyl (C=O) groups is 1. The fraction of sp³-hybridized carbons (Fsp3) is 0.462. The highest BCUT2D eigenvalue weighted by molar-refractivity contribution is 7.12. The highest BCUT2D eigenvalue weighted by atomic mass is 32.1. The average molecular weight is 264 g/mol.